The number of hydrogen-bond acceptors (Lipinski definition) is 7. The van der Waals surface area contributed by atoms with Gasteiger partial charge >= 0.3 is 0 Å². The van der Waals surface area contributed by atoms with Crippen LogP contribution in [0.5, 0.6) is 17.2 Å². The largest absolute Gasteiger partial charge is 0.497 e. The van der Waals surface area contributed by atoms with Crippen molar-refractivity contribution >= 4 is 17.5 Å². The molecule has 1 atom stereocenters. The zero-order valence-corrected chi connectivity index (χ0v) is 17.3. The second-order valence-corrected chi connectivity index (χ2v) is 7.49. The summed E-state index contributed by atoms with van der Waals surface area (Å²) in [6.45, 7) is 4.66. The number of carbonyl (C=O) groups excluding carboxylic acids is 1. The number of aromatic nitrogens is 3. The highest BCUT2D eigenvalue weighted by Gasteiger charge is 2.28. The van der Waals surface area contributed by atoms with Crippen molar-refractivity contribution in [1.29, 1.82) is 0 Å². The van der Waals surface area contributed by atoms with Crippen molar-refractivity contribution in [2.75, 3.05) is 19.5 Å². The normalized spacial score (nSPS) is 14.9. The number of para-hydroxylation sites is 2. The van der Waals surface area contributed by atoms with Crippen LogP contribution in [-0.2, 0) is 6.54 Å². The number of allylic oxidation sites excluding steroid dienone is 1. The lowest BCUT2D eigenvalue weighted by molar-refractivity contribution is 0.0821. The Morgan fingerprint density at radius 3 is 2.73 bits per heavy atom. The lowest BCUT2D eigenvalue weighted by atomic mass is 10.1. The van der Waals surface area contributed by atoms with Crippen molar-refractivity contribution in [2.45, 2.75) is 17.8 Å². The van der Waals surface area contributed by atoms with E-state index in [9.17, 15) is 4.79 Å². The van der Waals surface area contributed by atoms with Gasteiger partial charge in [0.15, 0.2) is 34.4 Å². The molecule has 0 aliphatic carbocycles. The Morgan fingerprint density at radius 2 is 2.00 bits per heavy atom. The van der Waals surface area contributed by atoms with Gasteiger partial charge in [-0.1, -0.05) is 30.0 Å². The minimum Gasteiger partial charge on any atom is -0.497 e. The van der Waals surface area contributed by atoms with Gasteiger partial charge in [-0.2, -0.15) is 0 Å². The van der Waals surface area contributed by atoms with E-state index in [-0.39, 0.29) is 17.6 Å². The van der Waals surface area contributed by atoms with Crippen LogP contribution < -0.4 is 14.2 Å². The molecule has 2 heterocycles. The SMILES string of the molecule is C=CCn1c(SCC(=O)c2ccc(OC)cc2)nnc1C1COc2ccccc2O1. The van der Waals surface area contributed by atoms with Gasteiger partial charge in [0.2, 0.25) is 0 Å². The number of rotatable bonds is 8. The van der Waals surface area contributed by atoms with Crippen LogP contribution in [0.25, 0.3) is 0 Å². The van der Waals surface area contributed by atoms with Gasteiger partial charge in [-0.05, 0) is 36.4 Å². The fourth-order valence-electron chi connectivity index (χ4n) is 3.08. The predicted molar refractivity (Wildman–Crippen MR) is 114 cm³/mol. The molecule has 2 aromatic carbocycles. The van der Waals surface area contributed by atoms with Crippen molar-refractivity contribution in [2.24, 2.45) is 0 Å². The molecule has 1 unspecified atom stereocenters. The highest BCUT2D eigenvalue weighted by molar-refractivity contribution is 7.99. The van der Waals surface area contributed by atoms with E-state index in [1.807, 2.05) is 28.8 Å². The van der Waals surface area contributed by atoms with E-state index in [2.05, 4.69) is 16.8 Å². The summed E-state index contributed by atoms with van der Waals surface area (Å²) in [4.78, 5) is 12.5. The molecule has 0 saturated heterocycles. The maximum Gasteiger partial charge on any atom is 0.192 e. The molecule has 0 bridgehead atoms. The molecule has 0 saturated carbocycles. The molecule has 1 aliphatic rings. The van der Waals surface area contributed by atoms with Crippen molar-refractivity contribution in [3.63, 3.8) is 0 Å². The van der Waals surface area contributed by atoms with Gasteiger partial charge in [-0.3, -0.25) is 9.36 Å². The fourth-order valence-corrected chi connectivity index (χ4v) is 3.93. The summed E-state index contributed by atoms with van der Waals surface area (Å²) in [5.41, 5.74) is 0.624. The number of nitrogens with zero attached hydrogens (tertiary/aromatic N) is 3. The van der Waals surface area contributed by atoms with Crippen LogP contribution in [0.1, 0.15) is 22.3 Å². The van der Waals surface area contributed by atoms with Crippen LogP contribution in [0.4, 0.5) is 0 Å². The van der Waals surface area contributed by atoms with E-state index in [1.54, 1.807) is 37.5 Å². The molecule has 30 heavy (non-hydrogen) atoms. The van der Waals surface area contributed by atoms with Gasteiger partial charge in [0.25, 0.3) is 0 Å². The Hall–Kier alpha value is -3.26. The number of hydrogen-bond donors (Lipinski definition) is 0. The van der Waals surface area contributed by atoms with Crippen LogP contribution in [0.2, 0.25) is 0 Å². The van der Waals surface area contributed by atoms with Crippen molar-refractivity contribution in [3.05, 3.63) is 72.6 Å². The Bertz CT molecular complexity index is 1050. The molecular weight excluding hydrogens is 402 g/mol. The van der Waals surface area contributed by atoms with Crippen LogP contribution in [-0.4, -0.2) is 40.0 Å². The van der Waals surface area contributed by atoms with E-state index in [0.29, 0.717) is 46.9 Å². The first-order valence-corrected chi connectivity index (χ1v) is 10.4. The number of benzene rings is 2. The first kappa shape index (κ1) is 20.0. The lowest BCUT2D eigenvalue weighted by Crippen LogP contribution is -2.25. The van der Waals surface area contributed by atoms with E-state index >= 15 is 0 Å². The molecule has 0 fully saturated rings. The van der Waals surface area contributed by atoms with Crippen molar-refractivity contribution in [3.8, 4) is 17.2 Å². The van der Waals surface area contributed by atoms with E-state index in [0.717, 1.165) is 0 Å². The Kier molecular flexibility index (Phi) is 6.04. The molecule has 1 aromatic heterocycles. The number of carbonyl (C=O) groups is 1. The Morgan fingerprint density at radius 1 is 1.23 bits per heavy atom. The summed E-state index contributed by atoms with van der Waals surface area (Å²) in [6, 6.07) is 14.6. The highest BCUT2D eigenvalue weighted by Crippen LogP contribution is 2.36. The monoisotopic (exact) mass is 423 g/mol. The average molecular weight is 423 g/mol. The fraction of sp³-hybridized carbons (Fsp3) is 0.227. The Balaban J connectivity index is 1.48. The lowest BCUT2D eigenvalue weighted by Gasteiger charge is -2.26. The van der Waals surface area contributed by atoms with Crippen LogP contribution in [0.3, 0.4) is 0 Å². The minimum atomic E-state index is -0.390. The third kappa shape index (κ3) is 4.18. The molecule has 0 amide bonds. The summed E-state index contributed by atoms with van der Waals surface area (Å²) in [5.74, 6) is 2.99. The summed E-state index contributed by atoms with van der Waals surface area (Å²) < 4.78 is 18.9. The number of thioether (sulfide) groups is 1. The maximum atomic E-state index is 12.5. The molecule has 0 N–H and O–H groups in total. The van der Waals surface area contributed by atoms with Gasteiger partial charge in [0.05, 0.1) is 12.9 Å². The number of ketones is 1. The van der Waals surface area contributed by atoms with Gasteiger partial charge in [0, 0.05) is 12.1 Å². The summed E-state index contributed by atoms with van der Waals surface area (Å²) in [6.07, 6.45) is 1.37. The molecule has 3 aromatic rings. The zero-order valence-electron chi connectivity index (χ0n) is 16.5. The molecule has 0 spiro atoms. The number of Topliss-reactive ketones (excluding diaryl/α,β-unsaturated/α-hetero) is 1. The third-order valence-electron chi connectivity index (χ3n) is 4.60. The highest BCUT2D eigenvalue weighted by atomic mass is 32.2. The predicted octanol–water partition coefficient (Wildman–Crippen LogP) is 3.96. The quantitative estimate of drug-likeness (QED) is 0.308. The van der Waals surface area contributed by atoms with Gasteiger partial charge in [-0.25, -0.2) is 0 Å². The number of methoxy groups -OCH3 is 1. The summed E-state index contributed by atoms with van der Waals surface area (Å²) in [5, 5.41) is 9.23. The molecule has 8 heteroatoms. The molecule has 154 valence electrons. The second kappa shape index (κ2) is 9.04. The number of fused-ring (bicyclic) bond motifs is 1. The van der Waals surface area contributed by atoms with Crippen molar-refractivity contribution < 1.29 is 19.0 Å². The smallest absolute Gasteiger partial charge is 0.192 e. The van der Waals surface area contributed by atoms with E-state index in [1.165, 1.54) is 11.8 Å². The van der Waals surface area contributed by atoms with E-state index in [4.69, 9.17) is 14.2 Å². The van der Waals surface area contributed by atoms with Crippen molar-refractivity contribution in [1.82, 2.24) is 14.8 Å². The van der Waals surface area contributed by atoms with Gasteiger partial charge in [0.1, 0.15) is 12.4 Å². The van der Waals surface area contributed by atoms with E-state index < -0.39 is 0 Å². The van der Waals surface area contributed by atoms with Crippen LogP contribution in [0, 0.1) is 0 Å². The molecular formula is C22H21N3O4S. The van der Waals surface area contributed by atoms with Gasteiger partial charge < -0.3 is 14.2 Å². The second-order valence-electron chi connectivity index (χ2n) is 6.54. The molecule has 0 radical (unpaired) electrons. The maximum absolute atomic E-state index is 12.5. The molecule has 1 aliphatic heterocycles. The summed E-state index contributed by atoms with van der Waals surface area (Å²) in [7, 11) is 1.59. The standard InChI is InChI=1S/C22H21N3O4S/c1-3-12-25-21(20-13-28-18-6-4-5-7-19(18)29-20)23-24-22(25)30-14-17(26)15-8-10-16(27-2)11-9-15/h3-11,20H,1,12-14H2,2H3. The zero-order chi connectivity index (χ0) is 20.9. The third-order valence-corrected chi connectivity index (χ3v) is 5.56. The summed E-state index contributed by atoms with van der Waals surface area (Å²) >= 11 is 1.33. The van der Waals surface area contributed by atoms with Crippen LogP contribution >= 0.6 is 11.8 Å². The minimum absolute atomic E-state index is 0.00327. The van der Waals surface area contributed by atoms with Crippen LogP contribution in [0.15, 0.2) is 66.3 Å². The molecule has 4 rings (SSSR count). The molecule has 7 nitrogen and oxygen atoms in total. The first-order chi connectivity index (χ1) is 14.7. The number of ether oxygens (including phenoxy) is 3. The van der Waals surface area contributed by atoms with Gasteiger partial charge in [-0.15, -0.1) is 16.8 Å². The average Bonchev–Trinajstić information content (AvgIpc) is 3.20. The Labute approximate surface area is 178 Å². The topological polar surface area (TPSA) is 75.5 Å². The first-order valence-electron chi connectivity index (χ1n) is 9.42.